The van der Waals surface area contributed by atoms with Crippen LogP contribution in [-0.4, -0.2) is 21.6 Å². The number of nitrogens with zero attached hydrogens (tertiary/aromatic N) is 3. The van der Waals surface area contributed by atoms with Crippen molar-refractivity contribution in [2.45, 2.75) is 71.4 Å². The van der Waals surface area contributed by atoms with Crippen molar-refractivity contribution in [2.75, 3.05) is 6.54 Å². The van der Waals surface area contributed by atoms with E-state index in [0.717, 1.165) is 24.1 Å². The van der Waals surface area contributed by atoms with Crippen LogP contribution >= 0.6 is 0 Å². The third-order valence-electron chi connectivity index (χ3n) is 6.14. The molecule has 0 unspecified atom stereocenters. The van der Waals surface area contributed by atoms with Gasteiger partial charge in [-0.15, -0.1) is 0 Å². The Hall–Kier alpha value is -3.07. The first-order valence-electron chi connectivity index (χ1n) is 11.2. The van der Waals surface area contributed by atoms with Gasteiger partial charge >= 0.3 is 0 Å². The second kappa shape index (κ2) is 10.8. The van der Waals surface area contributed by atoms with E-state index in [9.17, 15) is 14.9 Å². The Morgan fingerprint density at radius 3 is 2.71 bits per heavy atom. The second-order valence-electron chi connectivity index (χ2n) is 8.35. The van der Waals surface area contributed by atoms with Crippen LogP contribution in [0.2, 0.25) is 0 Å². The number of carbonyl (C=O) groups is 1. The van der Waals surface area contributed by atoms with Crippen LogP contribution in [0, 0.1) is 25.2 Å². The number of hydrogen-bond donors (Lipinski definition) is 1. The van der Waals surface area contributed by atoms with Crippen LogP contribution in [0.4, 0.5) is 0 Å². The van der Waals surface area contributed by atoms with Crippen LogP contribution in [0.1, 0.15) is 67.9 Å². The Labute approximate surface area is 184 Å². The summed E-state index contributed by atoms with van der Waals surface area (Å²) >= 11 is 0. The van der Waals surface area contributed by atoms with Gasteiger partial charge in [0.2, 0.25) is 5.56 Å². The molecule has 0 saturated heterocycles. The van der Waals surface area contributed by atoms with Gasteiger partial charge in [-0.1, -0.05) is 25.3 Å². The molecule has 1 fully saturated rings. The summed E-state index contributed by atoms with van der Waals surface area (Å²) in [4.78, 5) is 24.2. The monoisotopic (exact) mass is 420 g/mol. The molecule has 1 aliphatic carbocycles. The van der Waals surface area contributed by atoms with Crippen LogP contribution in [0.15, 0.2) is 40.8 Å². The summed E-state index contributed by atoms with van der Waals surface area (Å²) in [6.07, 6.45) is 11.2. The first-order chi connectivity index (χ1) is 15.0. The molecule has 6 nitrogen and oxygen atoms in total. The molecule has 0 radical (unpaired) electrons. The van der Waals surface area contributed by atoms with Gasteiger partial charge in [-0.2, -0.15) is 5.26 Å². The Kier molecular flexibility index (Phi) is 7.88. The van der Waals surface area contributed by atoms with Crippen molar-refractivity contribution >= 4 is 12.0 Å². The molecule has 0 aromatic carbocycles. The Morgan fingerprint density at radius 1 is 1.23 bits per heavy atom. The highest BCUT2D eigenvalue weighted by Crippen LogP contribution is 2.32. The van der Waals surface area contributed by atoms with Crippen molar-refractivity contribution in [1.29, 1.82) is 5.26 Å². The lowest BCUT2D eigenvalue weighted by Gasteiger charge is -2.26. The summed E-state index contributed by atoms with van der Waals surface area (Å²) in [5.74, 6) is -0.346. The minimum Gasteiger partial charge on any atom is -0.351 e. The van der Waals surface area contributed by atoms with Gasteiger partial charge in [0.1, 0.15) is 11.6 Å². The predicted molar refractivity (Wildman–Crippen MR) is 123 cm³/mol. The number of pyridine rings is 1. The van der Waals surface area contributed by atoms with Crippen molar-refractivity contribution in [3.63, 3.8) is 0 Å². The largest absolute Gasteiger partial charge is 0.351 e. The van der Waals surface area contributed by atoms with Gasteiger partial charge in [0.05, 0.1) is 0 Å². The van der Waals surface area contributed by atoms with Crippen molar-refractivity contribution in [1.82, 2.24) is 14.5 Å². The summed E-state index contributed by atoms with van der Waals surface area (Å²) in [7, 11) is 0. The fourth-order valence-corrected chi connectivity index (χ4v) is 4.50. The summed E-state index contributed by atoms with van der Waals surface area (Å²) in [6, 6.07) is 9.74. The molecule has 2 heterocycles. The van der Waals surface area contributed by atoms with Crippen LogP contribution in [0.5, 0.6) is 0 Å². The number of nitriles is 1. The van der Waals surface area contributed by atoms with Crippen LogP contribution in [-0.2, 0) is 11.3 Å². The van der Waals surface area contributed by atoms with E-state index < -0.39 is 0 Å². The molecule has 2 aromatic rings. The fourth-order valence-electron chi connectivity index (χ4n) is 4.50. The van der Waals surface area contributed by atoms with Crippen LogP contribution in [0.25, 0.3) is 6.08 Å². The lowest BCUT2D eigenvalue weighted by molar-refractivity contribution is -0.117. The molecule has 0 spiro atoms. The van der Waals surface area contributed by atoms with E-state index in [0.29, 0.717) is 19.1 Å². The van der Waals surface area contributed by atoms with Crippen LogP contribution in [0.3, 0.4) is 0 Å². The molecular formula is C25H32N4O2. The quantitative estimate of drug-likeness (QED) is 0.393. The molecule has 6 heteroatoms. The lowest BCUT2D eigenvalue weighted by atomic mass is 9.95. The molecule has 1 amide bonds. The lowest BCUT2D eigenvalue weighted by Crippen LogP contribution is -2.26. The van der Waals surface area contributed by atoms with Crippen molar-refractivity contribution in [3.05, 3.63) is 63.3 Å². The highest BCUT2D eigenvalue weighted by molar-refractivity contribution is 6.01. The zero-order valence-electron chi connectivity index (χ0n) is 18.6. The van der Waals surface area contributed by atoms with Gasteiger partial charge < -0.3 is 14.5 Å². The number of amides is 1. The van der Waals surface area contributed by atoms with E-state index >= 15 is 0 Å². The molecule has 1 saturated carbocycles. The van der Waals surface area contributed by atoms with E-state index in [1.165, 1.54) is 43.9 Å². The summed E-state index contributed by atoms with van der Waals surface area (Å²) in [5, 5.41) is 12.4. The molecular weight excluding hydrogens is 388 g/mol. The fraction of sp³-hybridized carbons (Fsp3) is 0.480. The average molecular weight is 421 g/mol. The van der Waals surface area contributed by atoms with Gasteiger partial charge in [0.25, 0.3) is 5.91 Å². The van der Waals surface area contributed by atoms with Gasteiger partial charge in [0, 0.05) is 42.8 Å². The minimum atomic E-state index is -0.346. The van der Waals surface area contributed by atoms with E-state index in [1.807, 2.05) is 6.07 Å². The maximum absolute atomic E-state index is 12.5. The van der Waals surface area contributed by atoms with Crippen LogP contribution < -0.4 is 10.9 Å². The number of carbonyl (C=O) groups excluding carboxylic acids is 1. The Balaban J connectivity index is 1.57. The highest BCUT2D eigenvalue weighted by atomic mass is 16.1. The number of rotatable bonds is 8. The SMILES string of the molecule is Cc1cc(/C=C(/C#N)C(=O)NCCCCn2ccccc2=O)c(C)n1C1CCCCC1. The number of unbranched alkanes of at least 4 members (excludes halogenated alkanes) is 1. The average Bonchev–Trinajstić information content (AvgIpc) is 3.06. The molecule has 1 N–H and O–H groups in total. The number of aryl methyl sites for hydroxylation is 2. The topological polar surface area (TPSA) is 79.8 Å². The van der Waals surface area contributed by atoms with Crippen molar-refractivity contribution in [2.24, 2.45) is 0 Å². The van der Waals surface area contributed by atoms with Crippen molar-refractivity contribution in [3.8, 4) is 6.07 Å². The zero-order valence-corrected chi connectivity index (χ0v) is 18.6. The van der Waals surface area contributed by atoms with Crippen molar-refractivity contribution < 1.29 is 4.79 Å². The van der Waals surface area contributed by atoms with Gasteiger partial charge in [-0.05, 0) is 63.3 Å². The molecule has 3 rings (SSSR count). The third-order valence-corrected chi connectivity index (χ3v) is 6.14. The smallest absolute Gasteiger partial charge is 0.261 e. The summed E-state index contributed by atoms with van der Waals surface area (Å²) < 4.78 is 4.04. The molecule has 0 bridgehead atoms. The Bertz CT molecular complexity index is 1030. The summed E-state index contributed by atoms with van der Waals surface area (Å²) in [5.41, 5.74) is 3.36. The molecule has 164 valence electrons. The molecule has 2 aromatic heterocycles. The minimum absolute atomic E-state index is 0.0212. The first-order valence-corrected chi connectivity index (χ1v) is 11.2. The van der Waals surface area contributed by atoms with E-state index in [-0.39, 0.29) is 17.0 Å². The third kappa shape index (κ3) is 5.75. The standard InChI is InChI=1S/C25H32N4O2/c1-19-16-21(20(2)29(19)23-10-4-3-5-11-23)17-22(18-26)25(31)27-13-7-9-15-28-14-8-6-12-24(28)30/h6,8,12,14,16-17,23H,3-5,7,9-11,13,15H2,1-2H3,(H,27,31)/b22-17-. The Morgan fingerprint density at radius 2 is 2.00 bits per heavy atom. The molecule has 0 aliphatic heterocycles. The highest BCUT2D eigenvalue weighted by Gasteiger charge is 2.20. The zero-order chi connectivity index (χ0) is 22.2. The normalized spacial score (nSPS) is 14.9. The molecule has 31 heavy (non-hydrogen) atoms. The number of aromatic nitrogens is 2. The van der Waals surface area contributed by atoms with E-state index in [4.69, 9.17) is 0 Å². The van der Waals surface area contributed by atoms with Gasteiger partial charge in [-0.25, -0.2) is 0 Å². The van der Waals surface area contributed by atoms with Gasteiger partial charge in [-0.3, -0.25) is 9.59 Å². The van der Waals surface area contributed by atoms with E-state index in [1.54, 1.807) is 22.9 Å². The first kappa shape index (κ1) is 22.6. The number of hydrogen-bond acceptors (Lipinski definition) is 3. The summed E-state index contributed by atoms with van der Waals surface area (Å²) in [6.45, 7) is 5.26. The molecule has 1 aliphatic rings. The number of nitrogens with one attached hydrogen (secondary N) is 1. The maximum Gasteiger partial charge on any atom is 0.261 e. The van der Waals surface area contributed by atoms with E-state index in [2.05, 4.69) is 35.9 Å². The second-order valence-corrected chi connectivity index (χ2v) is 8.35. The predicted octanol–water partition coefficient (Wildman–Crippen LogP) is 4.28. The maximum atomic E-state index is 12.5. The van der Waals surface area contributed by atoms with Gasteiger partial charge in [0.15, 0.2) is 0 Å². The molecule has 0 atom stereocenters.